The van der Waals surface area contributed by atoms with Crippen LogP contribution in [0.1, 0.15) is 53.7 Å². The van der Waals surface area contributed by atoms with Crippen LogP contribution in [-0.2, 0) is 27.7 Å². The molecule has 1 atom stereocenters. The number of aryl methyl sites for hydroxylation is 2. The number of hydrogen-bond acceptors (Lipinski definition) is 5. The summed E-state index contributed by atoms with van der Waals surface area (Å²) in [4.78, 5) is 14.5. The van der Waals surface area contributed by atoms with Gasteiger partial charge in [0.2, 0.25) is 15.9 Å². The topological polar surface area (TPSA) is 90.3 Å². The SMILES string of the molecule is Cc1ccc(S(=O)(=O)N2CCCC2C(=O)Nc2sc3c(c2C#N)CCCCC3)cc1. The normalized spacial score (nSPS) is 19.7. The molecule has 2 aliphatic rings. The molecule has 2 heterocycles. The monoisotopic (exact) mass is 443 g/mol. The fraction of sp³-hybridized carbons (Fsp3) is 0.455. The van der Waals surface area contributed by atoms with Gasteiger partial charge >= 0.3 is 0 Å². The Bertz CT molecular complexity index is 1100. The number of rotatable bonds is 4. The first-order valence-corrected chi connectivity index (χ1v) is 12.6. The summed E-state index contributed by atoms with van der Waals surface area (Å²) in [6.07, 6.45) is 6.21. The highest BCUT2D eigenvalue weighted by atomic mass is 32.2. The minimum absolute atomic E-state index is 0.202. The van der Waals surface area contributed by atoms with Gasteiger partial charge in [0.25, 0.3) is 0 Å². The number of hydrogen-bond donors (Lipinski definition) is 1. The fourth-order valence-corrected chi connectivity index (χ4v) is 7.18. The van der Waals surface area contributed by atoms with E-state index in [2.05, 4.69) is 11.4 Å². The van der Waals surface area contributed by atoms with E-state index in [4.69, 9.17) is 0 Å². The van der Waals surface area contributed by atoms with E-state index in [1.807, 2.05) is 6.92 Å². The molecule has 0 radical (unpaired) electrons. The van der Waals surface area contributed by atoms with Gasteiger partial charge in [-0.05, 0) is 63.1 Å². The number of nitriles is 1. The Hall–Kier alpha value is -2.21. The number of amides is 1. The summed E-state index contributed by atoms with van der Waals surface area (Å²) in [6.45, 7) is 2.22. The van der Waals surface area contributed by atoms with Crippen molar-refractivity contribution in [2.45, 2.75) is 62.8 Å². The van der Waals surface area contributed by atoms with Gasteiger partial charge in [0.1, 0.15) is 17.1 Å². The minimum atomic E-state index is -3.75. The van der Waals surface area contributed by atoms with Gasteiger partial charge < -0.3 is 5.32 Å². The molecule has 1 aliphatic heterocycles. The molecule has 1 aromatic heterocycles. The van der Waals surface area contributed by atoms with Crippen LogP contribution in [0.4, 0.5) is 5.00 Å². The molecule has 1 aromatic carbocycles. The predicted molar refractivity (Wildman–Crippen MR) is 117 cm³/mol. The van der Waals surface area contributed by atoms with Gasteiger partial charge in [-0.1, -0.05) is 24.1 Å². The van der Waals surface area contributed by atoms with E-state index in [9.17, 15) is 18.5 Å². The van der Waals surface area contributed by atoms with E-state index in [0.717, 1.165) is 43.2 Å². The maximum Gasteiger partial charge on any atom is 0.243 e. The van der Waals surface area contributed by atoms with Crippen molar-refractivity contribution in [1.82, 2.24) is 4.31 Å². The molecule has 0 bridgehead atoms. The van der Waals surface area contributed by atoms with Crippen LogP contribution in [0.15, 0.2) is 29.2 Å². The van der Waals surface area contributed by atoms with Crippen LogP contribution < -0.4 is 5.32 Å². The number of anilines is 1. The lowest BCUT2D eigenvalue weighted by Gasteiger charge is -2.23. The van der Waals surface area contributed by atoms with Crippen LogP contribution in [0.2, 0.25) is 0 Å². The molecule has 1 amide bonds. The van der Waals surface area contributed by atoms with Gasteiger partial charge in [0.05, 0.1) is 10.5 Å². The van der Waals surface area contributed by atoms with Crippen molar-refractivity contribution >= 4 is 32.3 Å². The largest absolute Gasteiger partial charge is 0.315 e. The Morgan fingerprint density at radius 3 is 2.63 bits per heavy atom. The van der Waals surface area contributed by atoms with Gasteiger partial charge in [-0.3, -0.25) is 4.79 Å². The van der Waals surface area contributed by atoms with Crippen LogP contribution in [0.3, 0.4) is 0 Å². The summed E-state index contributed by atoms with van der Waals surface area (Å²) in [5.74, 6) is -0.351. The first-order chi connectivity index (χ1) is 14.4. The third kappa shape index (κ3) is 3.89. The third-order valence-corrected chi connectivity index (χ3v) is 9.03. The lowest BCUT2D eigenvalue weighted by molar-refractivity contribution is -0.119. The summed E-state index contributed by atoms with van der Waals surface area (Å²) < 4.78 is 27.6. The van der Waals surface area contributed by atoms with Gasteiger partial charge in [-0.15, -0.1) is 11.3 Å². The second-order valence-electron chi connectivity index (χ2n) is 7.96. The highest BCUT2D eigenvalue weighted by Crippen LogP contribution is 2.37. The molecule has 1 fully saturated rings. The minimum Gasteiger partial charge on any atom is -0.315 e. The van der Waals surface area contributed by atoms with Crippen molar-refractivity contribution in [3.63, 3.8) is 0 Å². The molecule has 30 heavy (non-hydrogen) atoms. The summed E-state index contributed by atoms with van der Waals surface area (Å²) in [5, 5.41) is 13.1. The van der Waals surface area contributed by atoms with E-state index in [1.54, 1.807) is 24.3 Å². The smallest absolute Gasteiger partial charge is 0.243 e. The maximum atomic E-state index is 13.1. The summed E-state index contributed by atoms with van der Waals surface area (Å²) >= 11 is 1.47. The predicted octanol–water partition coefficient (Wildman–Crippen LogP) is 3.99. The molecule has 8 heteroatoms. The average Bonchev–Trinajstić information content (AvgIpc) is 3.27. The van der Waals surface area contributed by atoms with Crippen LogP contribution >= 0.6 is 11.3 Å². The van der Waals surface area contributed by atoms with Gasteiger partial charge in [0.15, 0.2) is 0 Å². The number of nitrogens with one attached hydrogen (secondary N) is 1. The fourth-order valence-electron chi connectivity index (χ4n) is 4.28. The van der Waals surface area contributed by atoms with E-state index < -0.39 is 16.1 Å². The van der Waals surface area contributed by atoms with E-state index in [0.29, 0.717) is 30.0 Å². The van der Waals surface area contributed by atoms with E-state index in [1.165, 1.54) is 20.5 Å². The Morgan fingerprint density at radius 2 is 1.90 bits per heavy atom. The number of nitrogens with zero attached hydrogens (tertiary/aromatic N) is 2. The molecule has 1 aliphatic carbocycles. The van der Waals surface area contributed by atoms with Crippen molar-refractivity contribution < 1.29 is 13.2 Å². The van der Waals surface area contributed by atoms with Crippen molar-refractivity contribution in [1.29, 1.82) is 5.26 Å². The molecule has 0 saturated carbocycles. The highest BCUT2D eigenvalue weighted by Gasteiger charge is 2.40. The number of thiophene rings is 1. The molecule has 1 N–H and O–H groups in total. The summed E-state index contributed by atoms with van der Waals surface area (Å²) in [7, 11) is -3.75. The molecule has 4 rings (SSSR count). The Labute approximate surface area is 181 Å². The van der Waals surface area contributed by atoms with Crippen molar-refractivity contribution in [3.8, 4) is 6.07 Å². The number of carbonyl (C=O) groups excluding carboxylic acids is 1. The first-order valence-electron chi connectivity index (χ1n) is 10.4. The molecule has 2 aromatic rings. The van der Waals surface area contributed by atoms with Crippen LogP contribution in [0.25, 0.3) is 0 Å². The Morgan fingerprint density at radius 1 is 1.17 bits per heavy atom. The lowest BCUT2D eigenvalue weighted by Crippen LogP contribution is -2.43. The van der Waals surface area contributed by atoms with Crippen molar-refractivity contribution in [3.05, 3.63) is 45.8 Å². The average molecular weight is 444 g/mol. The number of carbonyl (C=O) groups is 1. The van der Waals surface area contributed by atoms with Gasteiger partial charge in [-0.2, -0.15) is 9.57 Å². The van der Waals surface area contributed by atoms with Crippen molar-refractivity contribution in [2.75, 3.05) is 11.9 Å². The Balaban J connectivity index is 1.58. The summed E-state index contributed by atoms with van der Waals surface area (Å²) in [6, 6.07) is 8.19. The summed E-state index contributed by atoms with van der Waals surface area (Å²) in [5.41, 5.74) is 2.59. The molecule has 0 spiro atoms. The third-order valence-electron chi connectivity index (χ3n) is 5.90. The second kappa shape index (κ2) is 8.50. The second-order valence-corrected chi connectivity index (χ2v) is 11.0. The molecular weight excluding hydrogens is 418 g/mol. The zero-order valence-electron chi connectivity index (χ0n) is 17.0. The number of fused-ring (bicyclic) bond motifs is 1. The quantitative estimate of drug-likeness (QED) is 0.724. The first kappa shape index (κ1) is 21.0. The van der Waals surface area contributed by atoms with Crippen LogP contribution in [0, 0.1) is 18.3 Å². The number of benzene rings is 1. The zero-order chi connectivity index (χ0) is 21.3. The zero-order valence-corrected chi connectivity index (χ0v) is 18.6. The molecule has 158 valence electrons. The van der Waals surface area contributed by atoms with Gasteiger partial charge in [-0.25, -0.2) is 8.42 Å². The molecule has 6 nitrogen and oxygen atoms in total. The van der Waals surface area contributed by atoms with Crippen LogP contribution in [-0.4, -0.2) is 31.2 Å². The molecular formula is C22H25N3O3S2. The molecule has 1 saturated heterocycles. The maximum absolute atomic E-state index is 13.1. The standard InChI is InChI=1S/C22H25N3O3S2/c1-15-9-11-16(12-10-15)30(27,28)25-13-5-7-19(25)21(26)24-22-18(14-23)17-6-3-2-4-8-20(17)29-22/h9-12,19H,2-8,13H2,1H3,(H,24,26). The van der Waals surface area contributed by atoms with E-state index in [-0.39, 0.29) is 10.8 Å². The molecule has 1 unspecified atom stereocenters. The van der Waals surface area contributed by atoms with Crippen LogP contribution in [0.5, 0.6) is 0 Å². The number of sulfonamides is 1. The van der Waals surface area contributed by atoms with Gasteiger partial charge in [0, 0.05) is 11.4 Å². The van der Waals surface area contributed by atoms with Crippen molar-refractivity contribution in [2.24, 2.45) is 0 Å². The Kier molecular flexibility index (Phi) is 5.96. The highest BCUT2D eigenvalue weighted by molar-refractivity contribution is 7.89. The van der Waals surface area contributed by atoms with E-state index >= 15 is 0 Å². The lowest BCUT2D eigenvalue weighted by atomic mass is 10.1.